The maximum absolute atomic E-state index is 9.69. The average molecular weight is 311 g/mol. The van der Waals surface area contributed by atoms with Crippen molar-refractivity contribution in [2.24, 2.45) is 0 Å². The lowest BCUT2D eigenvalue weighted by molar-refractivity contribution is 0.179. The molecule has 2 aliphatic heterocycles. The van der Waals surface area contributed by atoms with E-state index in [2.05, 4.69) is 40.7 Å². The van der Waals surface area contributed by atoms with Crippen molar-refractivity contribution in [3.05, 3.63) is 53.1 Å². The maximum atomic E-state index is 9.69. The molecule has 1 fully saturated rings. The minimum atomic E-state index is 0.00613. The van der Waals surface area contributed by atoms with Crippen LogP contribution in [0.5, 0.6) is 0 Å². The number of aryl methyl sites for hydroxylation is 1. The van der Waals surface area contributed by atoms with Crippen molar-refractivity contribution in [1.82, 2.24) is 14.5 Å². The first-order valence-electron chi connectivity index (χ1n) is 8.75. The van der Waals surface area contributed by atoms with Gasteiger partial charge in [-0.25, -0.2) is 4.98 Å². The molecule has 3 heterocycles. The Morgan fingerprint density at radius 2 is 1.96 bits per heavy atom. The summed E-state index contributed by atoms with van der Waals surface area (Å²) in [7, 11) is 0. The first-order chi connectivity index (χ1) is 11.3. The zero-order valence-corrected chi connectivity index (χ0v) is 13.8. The molecule has 0 bridgehead atoms. The van der Waals surface area contributed by atoms with Gasteiger partial charge in [-0.15, -0.1) is 0 Å². The number of nitrogens with zero attached hydrogens (tertiary/aromatic N) is 3. The molecule has 0 atom stereocenters. The molecule has 4 nitrogen and oxygen atoms in total. The molecule has 4 heteroatoms. The summed E-state index contributed by atoms with van der Waals surface area (Å²) in [5.41, 5.74) is 3.87. The molecule has 0 radical (unpaired) electrons. The van der Waals surface area contributed by atoms with Crippen molar-refractivity contribution in [3.63, 3.8) is 0 Å². The van der Waals surface area contributed by atoms with Crippen LogP contribution in [0.15, 0.2) is 30.5 Å². The van der Waals surface area contributed by atoms with Crippen molar-refractivity contribution >= 4 is 0 Å². The Bertz CT molecular complexity index is 698. The predicted molar refractivity (Wildman–Crippen MR) is 90.4 cm³/mol. The third kappa shape index (κ3) is 2.24. The predicted octanol–water partition coefficient (Wildman–Crippen LogP) is 2.33. The molecule has 2 aromatic rings. The van der Waals surface area contributed by atoms with Crippen molar-refractivity contribution in [1.29, 1.82) is 0 Å². The van der Waals surface area contributed by atoms with Crippen LogP contribution in [0.25, 0.3) is 0 Å². The lowest BCUT2D eigenvalue weighted by atomic mass is 9.70. The first kappa shape index (κ1) is 14.9. The SMILES string of the molecule is CCN1CCC2(CC1)c1ccccc1CCn1c(CO)cnc12. The number of benzene rings is 1. The van der Waals surface area contributed by atoms with Gasteiger partial charge >= 0.3 is 0 Å². The number of rotatable bonds is 2. The zero-order chi connectivity index (χ0) is 15.9. The summed E-state index contributed by atoms with van der Waals surface area (Å²) >= 11 is 0. The molecule has 1 aromatic carbocycles. The topological polar surface area (TPSA) is 41.3 Å². The van der Waals surface area contributed by atoms with Gasteiger partial charge in [0.2, 0.25) is 0 Å². The van der Waals surface area contributed by atoms with Crippen LogP contribution in [0.2, 0.25) is 0 Å². The molecule has 1 spiro atoms. The molecule has 1 aromatic heterocycles. The highest BCUT2D eigenvalue weighted by Gasteiger charge is 2.43. The average Bonchev–Trinajstić information content (AvgIpc) is 2.98. The molecule has 0 amide bonds. The Hall–Kier alpha value is -1.65. The van der Waals surface area contributed by atoms with Crippen LogP contribution in [0.4, 0.5) is 0 Å². The lowest BCUT2D eigenvalue weighted by Gasteiger charge is -2.41. The second-order valence-corrected chi connectivity index (χ2v) is 6.81. The van der Waals surface area contributed by atoms with Gasteiger partial charge < -0.3 is 14.6 Å². The van der Waals surface area contributed by atoms with Gasteiger partial charge in [0.25, 0.3) is 0 Å². The molecule has 122 valence electrons. The normalized spacial score (nSPS) is 20.1. The molecule has 23 heavy (non-hydrogen) atoms. The largest absolute Gasteiger partial charge is 0.390 e. The Kier molecular flexibility index (Phi) is 3.74. The second-order valence-electron chi connectivity index (χ2n) is 6.81. The van der Waals surface area contributed by atoms with Crippen LogP contribution in [-0.4, -0.2) is 39.2 Å². The third-order valence-electron chi connectivity index (χ3n) is 5.82. The quantitative estimate of drug-likeness (QED) is 0.925. The van der Waals surface area contributed by atoms with Gasteiger partial charge in [0, 0.05) is 6.54 Å². The van der Waals surface area contributed by atoms with Crippen LogP contribution in [0.1, 0.15) is 42.4 Å². The molecule has 0 unspecified atom stereocenters. The van der Waals surface area contributed by atoms with E-state index in [1.807, 2.05) is 6.20 Å². The van der Waals surface area contributed by atoms with E-state index in [0.717, 1.165) is 51.1 Å². The van der Waals surface area contributed by atoms with Crippen LogP contribution in [0.3, 0.4) is 0 Å². The lowest BCUT2D eigenvalue weighted by Crippen LogP contribution is -2.44. The molecule has 0 saturated carbocycles. The van der Waals surface area contributed by atoms with E-state index in [9.17, 15) is 5.11 Å². The summed E-state index contributed by atoms with van der Waals surface area (Å²) < 4.78 is 2.28. The summed E-state index contributed by atoms with van der Waals surface area (Å²) in [6, 6.07) is 8.89. The van der Waals surface area contributed by atoms with Crippen LogP contribution in [-0.2, 0) is 25.0 Å². The molecular formula is C19H25N3O. The fourth-order valence-electron chi connectivity index (χ4n) is 4.47. The molecular weight excluding hydrogens is 286 g/mol. The highest BCUT2D eigenvalue weighted by Crippen LogP contribution is 2.44. The summed E-state index contributed by atoms with van der Waals surface area (Å²) in [4.78, 5) is 7.33. The van der Waals surface area contributed by atoms with Gasteiger partial charge in [0.05, 0.1) is 23.9 Å². The number of aromatic nitrogens is 2. The highest BCUT2D eigenvalue weighted by atomic mass is 16.3. The summed E-state index contributed by atoms with van der Waals surface area (Å²) in [5.74, 6) is 1.17. The molecule has 4 rings (SSSR count). The fourth-order valence-corrected chi connectivity index (χ4v) is 4.47. The molecule has 1 N–H and O–H groups in total. The standard InChI is InChI=1S/C19H25N3O/c1-2-21-11-8-19(9-12-21)17-6-4-3-5-15(17)7-10-22-16(14-23)13-20-18(19)22/h3-6,13,23H,2,7-12,14H2,1H3. The molecule has 0 aliphatic carbocycles. The minimum Gasteiger partial charge on any atom is -0.390 e. The van der Waals surface area contributed by atoms with Gasteiger partial charge in [-0.05, 0) is 50.0 Å². The zero-order valence-electron chi connectivity index (χ0n) is 13.8. The monoisotopic (exact) mass is 311 g/mol. The van der Waals surface area contributed by atoms with E-state index >= 15 is 0 Å². The van der Waals surface area contributed by atoms with Crippen molar-refractivity contribution < 1.29 is 5.11 Å². The fraction of sp³-hybridized carbons (Fsp3) is 0.526. The number of likely N-dealkylation sites (tertiary alicyclic amines) is 1. The van der Waals surface area contributed by atoms with Crippen molar-refractivity contribution in [3.8, 4) is 0 Å². The number of imidazole rings is 1. The minimum absolute atomic E-state index is 0.00613. The van der Waals surface area contributed by atoms with Gasteiger partial charge in [-0.1, -0.05) is 31.2 Å². The van der Waals surface area contributed by atoms with Gasteiger partial charge in [-0.3, -0.25) is 0 Å². The first-order valence-corrected chi connectivity index (χ1v) is 8.75. The van der Waals surface area contributed by atoms with Crippen molar-refractivity contribution in [2.75, 3.05) is 19.6 Å². The summed E-state index contributed by atoms with van der Waals surface area (Å²) in [6.07, 6.45) is 5.11. The third-order valence-corrected chi connectivity index (χ3v) is 5.82. The highest BCUT2D eigenvalue weighted by molar-refractivity contribution is 5.42. The maximum Gasteiger partial charge on any atom is 0.119 e. The van der Waals surface area contributed by atoms with Crippen LogP contribution < -0.4 is 0 Å². The number of hydrogen-bond acceptors (Lipinski definition) is 3. The Labute approximate surface area is 137 Å². The number of fused-ring (bicyclic) bond motifs is 4. The van der Waals surface area contributed by atoms with Gasteiger partial charge in [-0.2, -0.15) is 0 Å². The molecule has 1 saturated heterocycles. The van der Waals surface area contributed by atoms with Gasteiger partial charge in [0.1, 0.15) is 5.82 Å². The van der Waals surface area contributed by atoms with E-state index in [1.165, 1.54) is 17.0 Å². The Morgan fingerprint density at radius 3 is 2.70 bits per heavy atom. The Balaban J connectivity index is 1.87. The van der Waals surface area contributed by atoms with E-state index in [-0.39, 0.29) is 12.0 Å². The number of hydrogen-bond donors (Lipinski definition) is 1. The van der Waals surface area contributed by atoms with E-state index in [1.54, 1.807) is 0 Å². The van der Waals surface area contributed by atoms with E-state index in [4.69, 9.17) is 4.98 Å². The second kappa shape index (κ2) is 5.77. The van der Waals surface area contributed by atoms with Crippen molar-refractivity contribution in [2.45, 2.75) is 44.8 Å². The summed E-state index contributed by atoms with van der Waals surface area (Å²) in [5, 5.41) is 9.69. The smallest absolute Gasteiger partial charge is 0.119 e. The van der Waals surface area contributed by atoms with Crippen LogP contribution >= 0.6 is 0 Å². The number of aliphatic hydroxyl groups excluding tert-OH is 1. The van der Waals surface area contributed by atoms with Gasteiger partial charge in [0.15, 0.2) is 0 Å². The van der Waals surface area contributed by atoms with E-state index in [0.29, 0.717) is 0 Å². The Morgan fingerprint density at radius 1 is 1.17 bits per heavy atom. The van der Waals surface area contributed by atoms with E-state index < -0.39 is 0 Å². The number of aliphatic hydroxyl groups is 1. The molecule has 2 aliphatic rings. The summed E-state index contributed by atoms with van der Waals surface area (Å²) in [6.45, 7) is 6.58. The number of piperidine rings is 1. The van der Waals surface area contributed by atoms with Crippen LogP contribution in [0, 0.1) is 0 Å².